The van der Waals surface area contributed by atoms with E-state index in [9.17, 15) is 14.4 Å². The quantitative estimate of drug-likeness (QED) is 0.591. The summed E-state index contributed by atoms with van der Waals surface area (Å²) < 4.78 is 5.33. The highest BCUT2D eigenvalue weighted by molar-refractivity contribution is 5.85. The normalized spacial score (nSPS) is 20.1. The number of carbonyl (C=O) groups is 3. The highest BCUT2D eigenvalue weighted by Crippen LogP contribution is 2.29. The van der Waals surface area contributed by atoms with Gasteiger partial charge in [0, 0.05) is 25.7 Å². The number of hydrogen-bond donors (Lipinski definition) is 1. The molecule has 0 aromatic heterocycles. The van der Waals surface area contributed by atoms with Gasteiger partial charge in [-0.25, -0.2) is 4.79 Å². The Morgan fingerprint density at radius 2 is 1.87 bits per heavy atom. The minimum atomic E-state index is -0.579. The van der Waals surface area contributed by atoms with E-state index in [1.54, 1.807) is 0 Å². The van der Waals surface area contributed by atoms with Gasteiger partial charge in [-0.1, -0.05) is 37.3 Å². The zero-order chi connectivity index (χ0) is 16.7. The SMILES string of the molecule is CCC(=O)CCCCC(=O)N[C@@H]1C[C@H](c2ccccc2)OC1=O. The molecule has 23 heavy (non-hydrogen) atoms. The maximum atomic E-state index is 11.9. The van der Waals surface area contributed by atoms with Crippen LogP contribution in [0.3, 0.4) is 0 Å². The van der Waals surface area contributed by atoms with Crippen molar-refractivity contribution in [1.29, 1.82) is 0 Å². The van der Waals surface area contributed by atoms with Crippen molar-refractivity contribution in [2.24, 2.45) is 0 Å². The lowest BCUT2D eigenvalue weighted by Gasteiger charge is -2.09. The van der Waals surface area contributed by atoms with E-state index in [4.69, 9.17) is 4.74 Å². The molecule has 1 aliphatic rings. The van der Waals surface area contributed by atoms with E-state index in [-0.39, 0.29) is 23.8 Å². The summed E-state index contributed by atoms with van der Waals surface area (Å²) in [4.78, 5) is 35.0. The van der Waals surface area contributed by atoms with Crippen LogP contribution in [0.4, 0.5) is 0 Å². The van der Waals surface area contributed by atoms with Crippen molar-refractivity contribution in [3.63, 3.8) is 0 Å². The molecule has 2 atom stereocenters. The van der Waals surface area contributed by atoms with Crippen LogP contribution in [-0.4, -0.2) is 23.7 Å². The fraction of sp³-hybridized carbons (Fsp3) is 0.500. The third kappa shape index (κ3) is 5.20. The lowest BCUT2D eigenvalue weighted by Crippen LogP contribution is -2.37. The van der Waals surface area contributed by atoms with Crippen molar-refractivity contribution < 1.29 is 19.1 Å². The molecule has 1 saturated heterocycles. The second-order valence-corrected chi connectivity index (χ2v) is 5.79. The highest BCUT2D eigenvalue weighted by atomic mass is 16.6. The topological polar surface area (TPSA) is 72.5 Å². The smallest absolute Gasteiger partial charge is 0.329 e. The van der Waals surface area contributed by atoms with Crippen molar-refractivity contribution in [2.45, 2.75) is 57.6 Å². The van der Waals surface area contributed by atoms with Crippen molar-refractivity contribution in [2.75, 3.05) is 0 Å². The molecule has 0 aliphatic carbocycles. The molecule has 0 bridgehead atoms. The maximum absolute atomic E-state index is 11.9. The molecule has 1 aliphatic heterocycles. The van der Waals surface area contributed by atoms with Gasteiger partial charge in [0.15, 0.2) is 0 Å². The Hall–Kier alpha value is -2.17. The van der Waals surface area contributed by atoms with E-state index in [1.807, 2.05) is 37.3 Å². The first-order chi connectivity index (χ1) is 11.1. The number of esters is 1. The molecule has 124 valence electrons. The molecule has 0 spiro atoms. The number of nitrogens with one attached hydrogen (secondary N) is 1. The van der Waals surface area contributed by atoms with Gasteiger partial charge in [0.2, 0.25) is 5.91 Å². The third-order valence-corrected chi connectivity index (χ3v) is 4.00. The van der Waals surface area contributed by atoms with Crippen LogP contribution in [0, 0.1) is 0 Å². The van der Waals surface area contributed by atoms with Gasteiger partial charge < -0.3 is 10.1 Å². The van der Waals surface area contributed by atoms with Gasteiger partial charge in [-0.3, -0.25) is 9.59 Å². The Morgan fingerprint density at radius 1 is 1.17 bits per heavy atom. The van der Waals surface area contributed by atoms with Crippen molar-refractivity contribution >= 4 is 17.7 Å². The van der Waals surface area contributed by atoms with Crippen LogP contribution >= 0.6 is 0 Å². The number of amides is 1. The zero-order valence-corrected chi connectivity index (χ0v) is 13.4. The molecule has 1 fully saturated rings. The van der Waals surface area contributed by atoms with E-state index in [2.05, 4.69) is 5.32 Å². The molecule has 1 aromatic rings. The second-order valence-electron chi connectivity index (χ2n) is 5.79. The molecular formula is C18H23NO4. The van der Waals surface area contributed by atoms with Crippen molar-refractivity contribution in [3.05, 3.63) is 35.9 Å². The number of ether oxygens (including phenoxy) is 1. The lowest BCUT2D eigenvalue weighted by atomic mass is 10.0. The number of carbonyl (C=O) groups excluding carboxylic acids is 3. The average molecular weight is 317 g/mol. The molecule has 0 unspecified atom stereocenters. The number of hydrogen-bond acceptors (Lipinski definition) is 4. The number of rotatable bonds is 8. The minimum absolute atomic E-state index is 0.162. The van der Waals surface area contributed by atoms with Gasteiger partial charge >= 0.3 is 5.97 Å². The Bertz CT molecular complexity index is 555. The standard InChI is InChI=1S/C18H23NO4/c1-2-14(20)10-6-7-11-17(21)19-15-12-16(23-18(15)22)13-8-4-3-5-9-13/h3-5,8-9,15-16H,2,6-7,10-12H2,1H3,(H,19,21)/t15-,16-/m1/s1. The van der Waals surface area contributed by atoms with E-state index in [0.717, 1.165) is 5.56 Å². The molecule has 1 heterocycles. The largest absolute Gasteiger partial charge is 0.456 e. The highest BCUT2D eigenvalue weighted by Gasteiger charge is 2.36. The Kier molecular flexibility index (Phi) is 6.32. The molecule has 1 aromatic carbocycles. The van der Waals surface area contributed by atoms with Crippen LogP contribution in [0.25, 0.3) is 0 Å². The third-order valence-electron chi connectivity index (χ3n) is 4.00. The summed E-state index contributed by atoms with van der Waals surface area (Å²) in [5.41, 5.74) is 0.940. The fourth-order valence-corrected chi connectivity index (χ4v) is 2.62. The summed E-state index contributed by atoms with van der Waals surface area (Å²) in [6.07, 6.45) is 2.92. The molecule has 5 heteroatoms. The van der Waals surface area contributed by atoms with Gasteiger partial charge in [0.1, 0.15) is 17.9 Å². The van der Waals surface area contributed by atoms with Crippen molar-refractivity contribution in [3.8, 4) is 0 Å². The lowest BCUT2D eigenvalue weighted by molar-refractivity contribution is -0.144. The first kappa shape index (κ1) is 17.2. The van der Waals surface area contributed by atoms with Crippen LogP contribution in [0.15, 0.2) is 30.3 Å². The number of Topliss-reactive ketones (excluding diaryl/α,β-unsaturated/α-hetero) is 1. The van der Waals surface area contributed by atoms with Crippen molar-refractivity contribution in [1.82, 2.24) is 5.32 Å². The minimum Gasteiger partial charge on any atom is -0.456 e. The predicted molar refractivity (Wildman–Crippen MR) is 85.6 cm³/mol. The molecule has 2 rings (SSSR count). The monoisotopic (exact) mass is 317 g/mol. The predicted octanol–water partition coefficient (Wildman–Crippen LogP) is 2.70. The number of ketones is 1. The summed E-state index contributed by atoms with van der Waals surface area (Å²) >= 11 is 0. The summed E-state index contributed by atoms with van der Waals surface area (Å²) in [7, 11) is 0. The Balaban J connectivity index is 1.74. The Morgan fingerprint density at radius 3 is 2.57 bits per heavy atom. The van der Waals surface area contributed by atoms with Gasteiger partial charge in [-0.2, -0.15) is 0 Å². The van der Waals surface area contributed by atoms with Crippen LogP contribution < -0.4 is 5.32 Å². The Labute approximate surface area is 136 Å². The van der Waals surface area contributed by atoms with Crippen LogP contribution in [0.5, 0.6) is 0 Å². The average Bonchev–Trinajstić information content (AvgIpc) is 2.93. The number of cyclic esters (lactones) is 1. The summed E-state index contributed by atoms with van der Waals surface area (Å²) in [6, 6.07) is 8.94. The first-order valence-corrected chi connectivity index (χ1v) is 8.16. The van der Waals surface area contributed by atoms with E-state index < -0.39 is 6.04 Å². The molecular weight excluding hydrogens is 294 g/mol. The van der Waals surface area contributed by atoms with Gasteiger partial charge in [-0.15, -0.1) is 0 Å². The van der Waals surface area contributed by atoms with Crippen LogP contribution in [0.2, 0.25) is 0 Å². The number of unbranched alkanes of at least 4 members (excludes halogenated alkanes) is 1. The van der Waals surface area contributed by atoms with E-state index in [1.165, 1.54) is 0 Å². The van der Waals surface area contributed by atoms with E-state index in [0.29, 0.717) is 38.5 Å². The van der Waals surface area contributed by atoms with Crippen LogP contribution in [0.1, 0.15) is 57.1 Å². The van der Waals surface area contributed by atoms with Crippen LogP contribution in [-0.2, 0) is 19.1 Å². The van der Waals surface area contributed by atoms with Gasteiger partial charge in [-0.05, 0) is 18.4 Å². The summed E-state index contributed by atoms with van der Waals surface area (Å²) in [5.74, 6) is -0.326. The molecule has 1 amide bonds. The second kappa shape index (κ2) is 8.46. The zero-order valence-electron chi connectivity index (χ0n) is 13.4. The first-order valence-electron chi connectivity index (χ1n) is 8.16. The molecule has 0 saturated carbocycles. The summed E-state index contributed by atoms with van der Waals surface area (Å²) in [6.45, 7) is 1.84. The summed E-state index contributed by atoms with van der Waals surface area (Å²) in [5, 5.41) is 2.73. The molecule has 5 nitrogen and oxygen atoms in total. The maximum Gasteiger partial charge on any atom is 0.329 e. The fourth-order valence-electron chi connectivity index (χ4n) is 2.62. The molecule has 1 N–H and O–H groups in total. The van der Waals surface area contributed by atoms with Gasteiger partial charge in [0.25, 0.3) is 0 Å². The van der Waals surface area contributed by atoms with E-state index >= 15 is 0 Å². The van der Waals surface area contributed by atoms with Gasteiger partial charge in [0.05, 0.1) is 0 Å². The number of benzene rings is 1. The molecule has 0 radical (unpaired) electrons.